The van der Waals surface area contributed by atoms with Gasteiger partial charge in [-0.15, -0.1) is 0 Å². The molecule has 4 heteroatoms. The van der Waals surface area contributed by atoms with Crippen LogP contribution in [0.3, 0.4) is 0 Å². The summed E-state index contributed by atoms with van der Waals surface area (Å²) in [6.07, 6.45) is -4.28. The average molecular weight is 258 g/mol. The Bertz CT molecular complexity index is 413. The highest BCUT2D eigenvalue weighted by Gasteiger charge is 2.30. The maximum atomic E-state index is 12.5. The molecule has 0 radical (unpaired) electrons. The fourth-order valence-electron chi connectivity index (χ4n) is 1.66. The third-order valence-corrected chi connectivity index (χ3v) is 3.83. The molecule has 0 nitrogen and oxygen atoms in total. The topological polar surface area (TPSA) is 0 Å². The quantitative estimate of drug-likeness (QED) is 0.665. The van der Waals surface area contributed by atoms with Crippen LogP contribution in [0.2, 0.25) is 25.7 Å². The van der Waals surface area contributed by atoms with Crippen molar-refractivity contribution in [2.45, 2.75) is 31.9 Å². The van der Waals surface area contributed by atoms with Gasteiger partial charge in [0.25, 0.3) is 0 Å². The predicted molar refractivity (Wildman–Crippen MR) is 68.6 cm³/mol. The molecule has 0 heterocycles. The second-order valence-corrected chi connectivity index (χ2v) is 10.9. The standard InChI is InChI=1S/C13H17F3Si/c1-10(9-17(2,3)4)11-6-5-7-12(8-11)13(14,15)16/h5-8H,1,9H2,2-4H3. The highest BCUT2D eigenvalue weighted by atomic mass is 28.3. The molecule has 0 saturated heterocycles. The normalized spacial score (nSPS) is 12.6. The highest BCUT2D eigenvalue weighted by molar-refractivity contribution is 6.77. The molecule has 0 bridgehead atoms. The van der Waals surface area contributed by atoms with Crippen LogP contribution in [-0.4, -0.2) is 8.07 Å². The summed E-state index contributed by atoms with van der Waals surface area (Å²) in [6, 6.07) is 6.22. The van der Waals surface area contributed by atoms with Gasteiger partial charge in [-0.3, -0.25) is 0 Å². The van der Waals surface area contributed by atoms with Gasteiger partial charge in [-0.05, 0) is 23.7 Å². The van der Waals surface area contributed by atoms with Crippen LogP contribution in [0.25, 0.3) is 5.57 Å². The molecule has 0 unspecified atom stereocenters. The van der Waals surface area contributed by atoms with Crippen LogP contribution < -0.4 is 0 Å². The van der Waals surface area contributed by atoms with Crippen LogP contribution in [-0.2, 0) is 6.18 Å². The van der Waals surface area contributed by atoms with Gasteiger partial charge in [0.2, 0.25) is 0 Å². The van der Waals surface area contributed by atoms with E-state index < -0.39 is 19.8 Å². The SMILES string of the molecule is C=C(C[Si](C)(C)C)c1cccc(C(F)(F)F)c1. The van der Waals surface area contributed by atoms with Crippen molar-refractivity contribution >= 4 is 13.6 Å². The van der Waals surface area contributed by atoms with Crippen molar-refractivity contribution in [1.82, 2.24) is 0 Å². The third kappa shape index (κ3) is 4.38. The Morgan fingerprint density at radius 1 is 1.24 bits per heavy atom. The predicted octanol–water partition coefficient (Wildman–Crippen LogP) is 5.06. The number of allylic oxidation sites excluding steroid dienone is 1. The van der Waals surface area contributed by atoms with Crippen molar-refractivity contribution in [3.05, 3.63) is 42.0 Å². The van der Waals surface area contributed by atoms with Crippen LogP contribution in [0.15, 0.2) is 30.8 Å². The fraction of sp³-hybridized carbons (Fsp3) is 0.385. The van der Waals surface area contributed by atoms with Crippen LogP contribution >= 0.6 is 0 Å². The molecule has 0 spiro atoms. The van der Waals surface area contributed by atoms with Gasteiger partial charge < -0.3 is 0 Å². The maximum absolute atomic E-state index is 12.5. The van der Waals surface area contributed by atoms with Gasteiger partial charge >= 0.3 is 6.18 Å². The van der Waals surface area contributed by atoms with E-state index >= 15 is 0 Å². The zero-order chi connectivity index (χ0) is 13.3. The van der Waals surface area contributed by atoms with E-state index in [1.165, 1.54) is 12.1 Å². The molecule has 0 aromatic heterocycles. The first-order chi connectivity index (χ1) is 7.59. The van der Waals surface area contributed by atoms with Gasteiger partial charge in [0.1, 0.15) is 0 Å². The Morgan fingerprint density at radius 2 is 1.82 bits per heavy atom. The van der Waals surface area contributed by atoms with Gasteiger partial charge in [-0.25, -0.2) is 0 Å². The second-order valence-electron chi connectivity index (χ2n) is 5.42. The minimum atomic E-state index is -4.28. The summed E-state index contributed by atoms with van der Waals surface area (Å²) in [7, 11) is -1.35. The molecule has 17 heavy (non-hydrogen) atoms. The van der Waals surface area contributed by atoms with Gasteiger partial charge in [0.15, 0.2) is 0 Å². The summed E-state index contributed by atoms with van der Waals surface area (Å²) < 4.78 is 37.6. The zero-order valence-electron chi connectivity index (χ0n) is 10.4. The molecule has 0 fully saturated rings. The summed E-state index contributed by atoms with van der Waals surface area (Å²) >= 11 is 0. The summed E-state index contributed by atoms with van der Waals surface area (Å²) in [5, 5.41) is 0. The first-order valence-corrected chi connectivity index (χ1v) is 9.16. The summed E-state index contributed by atoms with van der Waals surface area (Å²) in [5.74, 6) is 0. The van der Waals surface area contributed by atoms with E-state index in [0.29, 0.717) is 5.56 Å². The molecule has 94 valence electrons. The van der Waals surface area contributed by atoms with Gasteiger partial charge in [-0.1, -0.05) is 43.9 Å². The fourth-order valence-corrected chi connectivity index (χ4v) is 3.14. The molecule has 0 aliphatic heterocycles. The summed E-state index contributed by atoms with van der Waals surface area (Å²) in [4.78, 5) is 0. The Morgan fingerprint density at radius 3 is 2.29 bits per heavy atom. The molecule has 0 aliphatic rings. The van der Waals surface area contributed by atoms with Crippen molar-refractivity contribution in [3.8, 4) is 0 Å². The Balaban J connectivity index is 2.97. The number of benzene rings is 1. The van der Waals surface area contributed by atoms with E-state index in [4.69, 9.17) is 0 Å². The summed E-state index contributed by atoms with van der Waals surface area (Å²) in [5.41, 5.74) is 0.796. The lowest BCUT2D eigenvalue weighted by Crippen LogP contribution is -2.19. The average Bonchev–Trinajstić information content (AvgIpc) is 2.14. The number of alkyl halides is 3. The van der Waals surface area contributed by atoms with Crippen LogP contribution in [0.5, 0.6) is 0 Å². The smallest absolute Gasteiger partial charge is 0.166 e. The largest absolute Gasteiger partial charge is 0.416 e. The number of hydrogen-bond acceptors (Lipinski definition) is 0. The van der Waals surface area contributed by atoms with Crippen LogP contribution in [0.1, 0.15) is 11.1 Å². The van der Waals surface area contributed by atoms with Crippen molar-refractivity contribution in [1.29, 1.82) is 0 Å². The van der Waals surface area contributed by atoms with Gasteiger partial charge in [0, 0.05) is 8.07 Å². The highest BCUT2D eigenvalue weighted by Crippen LogP contribution is 2.32. The lowest BCUT2D eigenvalue weighted by Gasteiger charge is -2.18. The van der Waals surface area contributed by atoms with E-state index in [9.17, 15) is 13.2 Å². The first kappa shape index (κ1) is 14.0. The Kier molecular flexibility index (Phi) is 3.87. The van der Waals surface area contributed by atoms with Crippen molar-refractivity contribution in [3.63, 3.8) is 0 Å². The van der Waals surface area contributed by atoms with Crippen molar-refractivity contribution in [2.75, 3.05) is 0 Å². The monoisotopic (exact) mass is 258 g/mol. The molecular formula is C13H17F3Si. The van der Waals surface area contributed by atoms with E-state index in [1.54, 1.807) is 6.07 Å². The minimum Gasteiger partial charge on any atom is -0.166 e. The molecule has 1 rings (SSSR count). The van der Waals surface area contributed by atoms with E-state index in [1.807, 2.05) is 0 Å². The number of halogens is 3. The Hall–Kier alpha value is -1.03. The first-order valence-electron chi connectivity index (χ1n) is 5.45. The second kappa shape index (κ2) is 4.68. The molecule has 0 saturated carbocycles. The molecular weight excluding hydrogens is 241 g/mol. The van der Waals surface area contributed by atoms with E-state index in [-0.39, 0.29) is 0 Å². The van der Waals surface area contributed by atoms with Crippen LogP contribution in [0.4, 0.5) is 13.2 Å². The zero-order valence-corrected chi connectivity index (χ0v) is 11.4. The van der Waals surface area contributed by atoms with Gasteiger partial charge in [0.05, 0.1) is 5.56 Å². The maximum Gasteiger partial charge on any atom is 0.416 e. The molecule has 0 atom stereocenters. The van der Waals surface area contributed by atoms with Gasteiger partial charge in [-0.2, -0.15) is 13.2 Å². The number of rotatable bonds is 3. The van der Waals surface area contributed by atoms with Crippen molar-refractivity contribution in [2.24, 2.45) is 0 Å². The summed E-state index contributed by atoms with van der Waals surface area (Å²) in [6.45, 7) is 10.4. The molecule has 1 aromatic carbocycles. The molecule has 1 aromatic rings. The molecule has 0 amide bonds. The lowest BCUT2D eigenvalue weighted by molar-refractivity contribution is -0.137. The molecule has 0 aliphatic carbocycles. The molecule has 0 N–H and O–H groups in total. The van der Waals surface area contributed by atoms with E-state index in [0.717, 1.165) is 17.7 Å². The third-order valence-electron chi connectivity index (χ3n) is 2.34. The number of hydrogen-bond donors (Lipinski definition) is 0. The Labute approximate surface area is 101 Å². The lowest BCUT2D eigenvalue weighted by atomic mass is 10.1. The van der Waals surface area contributed by atoms with E-state index in [2.05, 4.69) is 26.2 Å². The van der Waals surface area contributed by atoms with Crippen molar-refractivity contribution < 1.29 is 13.2 Å². The minimum absolute atomic E-state index is 0.599. The van der Waals surface area contributed by atoms with Crippen LogP contribution in [0, 0.1) is 0 Å².